The van der Waals surface area contributed by atoms with Crippen LogP contribution in [-0.2, 0) is 17.6 Å². The van der Waals surface area contributed by atoms with Crippen LogP contribution < -0.4 is 5.32 Å². The second-order valence-electron chi connectivity index (χ2n) is 6.19. The van der Waals surface area contributed by atoms with Gasteiger partial charge >= 0.3 is 0 Å². The van der Waals surface area contributed by atoms with Crippen molar-refractivity contribution in [2.45, 2.75) is 30.2 Å². The lowest BCUT2D eigenvalue weighted by Crippen LogP contribution is -2.25. The van der Waals surface area contributed by atoms with E-state index in [0.29, 0.717) is 0 Å². The molecule has 2 N–H and O–H groups in total. The molecule has 0 amide bonds. The van der Waals surface area contributed by atoms with Gasteiger partial charge in [-0.3, -0.25) is 0 Å². The highest BCUT2D eigenvalue weighted by molar-refractivity contribution is 7.98. The van der Waals surface area contributed by atoms with Crippen LogP contribution in [0.25, 0.3) is 11.3 Å². The van der Waals surface area contributed by atoms with Gasteiger partial charge in [0.1, 0.15) is 11.0 Å². The largest absolute Gasteiger partial charge is 0.391 e. The fourth-order valence-corrected chi connectivity index (χ4v) is 5.28. The molecule has 3 aromatic rings. The first kappa shape index (κ1) is 22.0. The van der Waals surface area contributed by atoms with Crippen LogP contribution in [-0.4, -0.2) is 37.9 Å². The standard InChI is InChI=1S/C21H25N3O2S3/c1-4-24(5-2)29(26)18-12-6-15(7-13-18)20-19(14-25)28-21(23-20)22-16-8-10-17(27-3)11-9-16/h6-13,25H,4-5,14H2,1-3H3,(H,22,23). The van der Waals surface area contributed by atoms with E-state index in [1.807, 2.05) is 60.8 Å². The summed E-state index contributed by atoms with van der Waals surface area (Å²) in [4.78, 5) is 7.46. The minimum Gasteiger partial charge on any atom is -0.391 e. The SMILES string of the molecule is CCN(CC)S(=O)c1ccc(-c2nc(Nc3ccc(SC)cc3)sc2CO)cc1. The molecule has 5 nitrogen and oxygen atoms in total. The molecule has 3 rings (SSSR count). The smallest absolute Gasteiger partial charge is 0.188 e. The van der Waals surface area contributed by atoms with Crippen LogP contribution in [0.15, 0.2) is 58.3 Å². The van der Waals surface area contributed by atoms with Crippen molar-refractivity contribution in [3.63, 3.8) is 0 Å². The van der Waals surface area contributed by atoms with Gasteiger partial charge in [0.25, 0.3) is 0 Å². The molecule has 1 heterocycles. The molecule has 0 radical (unpaired) electrons. The number of hydrogen-bond acceptors (Lipinski definition) is 6. The van der Waals surface area contributed by atoms with E-state index >= 15 is 0 Å². The summed E-state index contributed by atoms with van der Waals surface area (Å²) in [5.74, 6) is 0. The van der Waals surface area contributed by atoms with Crippen molar-refractivity contribution in [2.24, 2.45) is 0 Å². The summed E-state index contributed by atoms with van der Waals surface area (Å²) in [6.07, 6.45) is 2.05. The number of rotatable bonds is 9. The van der Waals surface area contributed by atoms with Gasteiger partial charge in [-0.05, 0) is 42.7 Å². The number of aliphatic hydroxyl groups excluding tert-OH is 1. The van der Waals surface area contributed by atoms with Crippen LogP contribution in [0.4, 0.5) is 10.8 Å². The van der Waals surface area contributed by atoms with E-state index in [4.69, 9.17) is 0 Å². The third-order valence-electron chi connectivity index (χ3n) is 4.45. The van der Waals surface area contributed by atoms with Gasteiger partial charge in [-0.1, -0.05) is 37.3 Å². The molecule has 1 unspecified atom stereocenters. The summed E-state index contributed by atoms with van der Waals surface area (Å²) in [6, 6.07) is 15.7. The highest BCUT2D eigenvalue weighted by Gasteiger charge is 2.15. The van der Waals surface area contributed by atoms with E-state index in [9.17, 15) is 9.32 Å². The molecule has 0 saturated carbocycles. The van der Waals surface area contributed by atoms with Crippen LogP contribution in [0.1, 0.15) is 18.7 Å². The molecular weight excluding hydrogens is 422 g/mol. The number of anilines is 2. The number of nitrogens with zero attached hydrogens (tertiary/aromatic N) is 2. The van der Waals surface area contributed by atoms with Crippen molar-refractivity contribution in [1.82, 2.24) is 9.29 Å². The molecular formula is C21H25N3O2S3. The Morgan fingerprint density at radius 3 is 2.31 bits per heavy atom. The van der Waals surface area contributed by atoms with Crippen LogP contribution in [0.3, 0.4) is 0 Å². The van der Waals surface area contributed by atoms with Crippen molar-refractivity contribution in [2.75, 3.05) is 24.7 Å². The maximum absolute atomic E-state index is 12.6. The molecule has 0 aliphatic carbocycles. The van der Waals surface area contributed by atoms with E-state index in [0.717, 1.165) is 44.9 Å². The maximum Gasteiger partial charge on any atom is 0.188 e. The monoisotopic (exact) mass is 447 g/mol. The van der Waals surface area contributed by atoms with E-state index in [1.165, 1.54) is 16.2 Å². The predicted octanol–water partition coefficient (Wildman–Crippen LogP) is 5.13. The van der Waals surface area contributed by atoms with Crippen molar-refractivity contribution in [1.29, 1.82) is 0 Å². The van der Waals surface area contributed by atoms with Crippen molar-refractivity contribution in [3.8, 4) is 11.3 Å². The lowest BCUT2D eigenvalue weighted by Gasteiger charge is -2.16. The van der Waals surface area contributed by atoms with Crippen molar-refractivity contribution < 1.29 is 9.32 Å². The molecule has 2 aromatic carbocycles. The quantitative estimate of drug-likeness (QED) is 0.445. The summed E-state index contributed by atoms with van der Waals surface area (Å²) in [5.41, 5.74) is 2.61. The summed E-state index contributed by atoms with van der Waals surface area (Å²) >= 11 is 3.14. The lowest BCUT2D eigenvalue weighted by atomic mass is 10.1. The average Bonchev–Trinajstić information content (AvgIpc) is 3.18. The van der Waals surface area contributed by atoms with Gasteiger partial charge in [0, 0.05) is 29.2 Å². The molecule has 0 bridgehead atoms. The third kappa shape index (κ3) is 5.26. The zero-order valence-electron chi connectivity index (χ0n) is 16.7. The third-order valence-corrected chi connectivity index (χ3v) is 7.81. The molecule has 0 saturated heterocycles. The van der Waals surface area contributed by atoms with E-state index in [1.54, 1.807) is 11.8 Å². The van der Waals surface area contributed by atoms with E-state index in [-0.39, 0.29) is 6.61 Å². The summed E-state index contributed by atoms with van der Waals surface area (Å²) in [6.45, 7) is 5.40. The summed E-state index contributed by atoms with van der Waals surface area (Å²) in [5, 5.41) is 13.8. The highest BCUT2D eigenvalue weighted by atomic mass is 32.2. The first-order valence-electron chi connectivity index (χ1n) is 9.38. The minimum atomic E-state index is -1.17. The molecule has 154 valence electrons. The Morgan fingerprint density at radius 2 is 1.76 bits per heavy atom. The average molecular weight is 448 g/mol. The molecule has 8 heteroatoms. The molecule has 29 heavy (non-hydrogen) atoms. The number of hydrogen-bond donors (Lipinski definition) is 2. The fraction of sp³-hybridized carbons (Fsp3) is 0.286. The Hall–Kier alpha value is -1.71. The lowest BCUT2D eigenvalue weighted by molar-refractivity contribution is 0.286. The first-order valence-corrected chi connectivity index (χ1v) is 12.5. The van der Waals surface area contributed by atoms with Gasteiger partial charge in [-0.2, -0.15) is 0 Å². The van der Waals surface area contributed by atoms with E-state index in [2.05, 4.69) is 22.4 Å². The summed E-state index contributed by atoms with van der Waals surface area (Å²) in [7, 11) is -1.17. The molecule has 0 aliphatic rings. The van der Waals surface area contributed by atoms with Gasteiger partial charge in [0.05, 0.1) is 22.1 Å². The maximum atomic E-state index is 12.6. The van der Waals surface area contributed by atoms with Crippen molar-refractivity contribution in [3.05, 3.63) is 53.4 Å². The number of thioether (sulfide) groups is 1. The Labute approximate surface area is 182 Å². The van der Waals surface area contributed by atoms with E-state index < -0.39 is 11.0 Å². The second-order valence-corrected chi connectivity index (χ2v) is 9.64. The van der Waals surface area contributed by atoms with Crippen LogP contribution in [0.2, 0.25) is 0 Å². The van der Waals surface area contributed by atoms with Gasteiger partial charge < -0.3 is 10.4 Å². The molecule has 0 aliphatic heterocycles. The zero-order valence-corrected chi connectivity index (χ0v) is 19.2. The van der Waals surface area contributed by atoms with Crippen molar-refractivity contribution >= 4 is 44.9 Å². The molecule has 0 spiro atoms. The number of nitrogens with one attached hydrogen (secondary N) is 1. The Bertz CT molecular complexity index is 952. The number of benzene rings is 2. The predicted molar refractivity (Wildman–Crippen MR) is 124 cm³/mol. The molecule has 1 aromatic heterocycles. The van der Waals surface area contributed by atoms with Gasteiger partial charge in [0.15, 0.2) is 5.13 Å². The Balaban J connectivity index is 1.82. The fourth-order valence-electron chi connectivity index (χ4n) is 2.87. The normalized spacial score (nSPS) is 12.3. The minimum absolute atomic E-state index is 0.0762. The molecule has 1 atom stereocenters. The number of aliphatic hydroxyl groups is 1. The van der Waals surface area contributed by atoms with Crippen LogP contribution in [0, 0.1) is 0 Å². The highest BCUT2D eigenvalue weighted by Crippen LogP contribution is 2.33. The zero-order chi connectivity index (χ0) is 20.8. The van der Waals surface area contributed by atoms with Gasteiger partial charge in [0.2, 0.25) is 0 Å². The van der Waals surface area contributed by atoms with Crippen LogP contribution >= 0.6 is 23.1 Å². The van der Waals surface area contributed by atoms with Crippen LogP contribution in [0.5, 0.6) is 0 Å². The Kier molecular flexibility index (Phi) is 7.85. The topological polar surface area (TPSA) is 65.5 Å². The Morgan fingerprint density at radius 1 is 1.10 bits per heavy atom. The second kappa shape index (κ2) is 10.4. The summed E-state index contributed by atoms with van der Waals surface area (Å²) < 4.78 is 14.5. The van der Waals surface area contributed by atoms with Gasteiger partial charge in [-0.25, -0.2) is 13.5 Å². The van der Waals surface area contributed by atoms with Gasteiger partial charge in [-0.15, -0.1) is 11.8 Å². The number of aromatic nitrogens is 1. The first-order chi connectivity index (χ1) is 14.1. The molecule has 0 fully saturated rings. The number of thiazole rings is 1.